The molecule has 0 saturated heterocycles. The minimum atomic E-state index is -3.37. The molecule has 13 heavy (non-hydrogen) atoms. The number of halogens is 1. The van der Waals surface area contributed by atoms with Crippen LogP contribution in [-0.4, -0.2) is 32.0 Å². The molecule has 0 aliphatic heterocycles. The molecule has 0 aliphatic rings. The molecule has 1 amide bonds. The van der Waals surface area contributed by atoms with Gasteiger partial charge in [-0.15, -0.1) is 11.6 Å². The van der Waals surface area contributed by atoms with Crippen LogP contribution in [0.4, 0.5) is 0 Å². The van der Waals surface area contributed by atoms with Crippen molar-refractivity contribution in [2.45, 2.75) is 19.4 Å². The number of carbonyl (C=O) groups is 1. The summed E-state index contributed by atoms with van der Waals surface area (Å²) in [5.41, 5.74) is 4.89. The molecule has 78 valence electrons. The molecule has 0 aromatic carbocycles. The highest BCUT2D eigenvalue weighted by Gasteiger charge is 2.14. The van der Waals surface area contributed by atoms with Crippen molar-refractivity contribution in [1.82, 2.24) is 4.72 Å². The Labute approximate surface area is 82.7 Å². The van der Waals surface area contributed by atoms with Crippen molar-refractivity contribution >= 4 is 27.5 Å². The second-order valence-electron chi connectivity index (χ2n) is 2.70. The number of hydrogen-bond donors (Lipinski definition) is 2. The van der Waals surface area contributed by atoms with Gasteiger partial charge in [0.2, 0.25) is 15.9 Å². The fraction of sp³-hybridized carbons (Fsp3) is 0.833. The highest BCUT2D eigenvalue weighted by molar-refractivity contribution is 7.89. The van der Waals surface area contributed by atoms with Crippen molar-refractivity contribution in [2.75, 3.05) is 11.6 Å². The van der Waals surface area contributed by atoms with Gasteiger partial charge in [-0.1, -0.05) is 0 Å². The summed E-state index contributed by atoms with van der Waals surface area (Å²) in [6.07, 6.45) is -0.0124. The van der Waals surface area contributed by atoms with E-state index < -0.39 is 22.0 Å². The molecule has 5 nitrogen and oxygen atoms in total. The number of rotatable bonds is 6. The van der Waals surface area contributed by atoms with E-state index in [9.17, 15) is 13.2 Å². The minimum Gasteiger partial charge on any atom is -0.370 e. The third kappa shape index (κ3) is 6.80. The summed E-state index contributed by atoms with van der Waals surface area (Å²) < 4.78 is 24.4. The van der Waals surface area contributed by atoms with Crippen LogP contribution in [0.1, 0.15) is 13.3 Å². The van der Waals surface area contributed by atoms with Crippen LogP contribution >= 0.6 is 11.6 Å². The lowest BCUT2D eigenvalue weighted by atomic mass is 10.2. The van der Waals surface area contributed by atoms with Crippen LogP contribution in [0.15, 0.2) is 0 Å². The Morgan fingerprint density at radius 1 is 1.62 bits per heavy atom. The molecule has 0 heterocycles. The van der Waals surface area contributed by atoms with Crippen LogP contribution < -0.4 is 10.5 Å². The number of nitrogens with two attached hydrogens (primary N) is 1. The van der Waals surface area contributed by atoms with Gasteiger partial charge < -0.3 is 5.73 Å². The summed E-state index contributed by atoms with van der Waals surface area (Å²) in [6, 6.07) is -0.481. The van der Waals surface area contributed by atoms with Gasteiger partial charge in [-0.3, -0.25) is 4.79 Å². The third-order valence-electron chi connectivity index (χ3n) is 1.23. The Bertz CT molecular complexity index is 265. The summed E-state index contributed by atoms with van der Waals surface area (Å²) in [6.45, 7) is 1.57. The van der Waals surface area contributed by atoms with Crippen LogP contribution in [-0.2, 0) is 14.8 Å². The Morgan fingerprint density at radius 2 is 2.15 bits per heavy atom. The van der Waals surface area contributed by atoms with E-state index in [4.69, 9.17) is 17.3 Å². The second-order valence-corrected chi connectivity index (χ2v) is 4.95. The monoisotopic (exact) mass is 228 g/mol. The highest BCUT2D eigenvalue weighted by Crippen LogP contribution is 1.94. The third-order valence-corrected chi connectivity index (χ3v) is 3.15. The van der Waals surface area contributed by atoms with Crippen molar-refractivity contribution < 1.29 is 13.2 Å². The molecular formula is C6H13ClN2O3S. The van der Waals surface area contributed by atoms with Crippen LogP contribution in [0, 0.1) is 0 Å². The van der Waals surface area contributed by atoms with Gasteiger partial charge in [-0.25, -0.2) is 13.1 Å². The topological polar surface area (TPSA) is 89.3 Å². The van der Waals surface area contributed by atoms with Crippen LogP contribution in [0.3, 0.4) is 0 Å². The van der Waals surface area contributed by atoms with Gasteiger partial charge in [0, 0.05) is 18.3 Å². The number of hydrogen-bond acceptors (Lipinski definition) is 3. The quantitative estimate of drug-likeness (QED) is 0.596. The molecular weight excluding hydrogens is 216 g/mol. The number of alkyl halides is 1. The molecule has 0 bridgehead atoms. The fourth-order valence-corrected chi connectivity index (χ4v) is 2.44. The molecule has 0 saturated carbocycles. The van der Waals surface area contributed by atoms with Gasteiger partial charge in [0.05, 0.1) is 5.75 Å². The largest absolute Gasteiger partial charge is 0.370 e. The molecule has 1 atom stereocenters. The Morgan fingerprint density at radius 3 is 2.54 bits per heavy atom. The second kappa shape index (κ2) is 5.41. The first-order valence-electron chi connectivity index (χ1n) is 3.71. The molecule has 0 rings (SSSR count). The maximum atomic E-state index is 11.1. The van der Waals surface area contributed by atoms with Gasteiger partial charge in [-0.05, 0) is 6.92 Å². The lowest BCUT2D eigenvalue weighted by Crippen LogP contribution is -2.37. The first kappa shape index (κ1) is 12.7. The summed E-state index contributed by atoms with van der Waals surface area (Å²) >= 11 is 5.26. The summed E-state index contributed by atoms with van der Waals surface area (Å²) in [5, 5.41) is 0. The van der Waals surface area contributed by atoms with Gasteiger partial charge in [0.15, 0.2) is 0 Å². The molecule has 0 aromatic rings. The van der Waals surface area contributed by atoms with E-state index in [0.29, 0.717) is 0 Å². The predicted octanol–water partition coefficient (Wildman–Crippen LogP) is -0.591. The maximum Gasteiger partial charge on any atom is 0.219 e. The SMILES string of the molecule is CC(CC(N)=O)NS(=O)(=O)CCCl. The predicted molar refractivity (Wildman–Crippen MR) is 50.9 cm³/mol. The van der Waals surface area contributed by atoms with Crippen LogP contribution in [0.5, 0.6) is 0 Å². The molecule has 0 fully saturated rings. The van der Waals surface area contributed by atoms with Crippen molar-refractivity contribution in [3.63, 3.8) is 0 Å². The van der Waals surface area contributed by atoms with Crippen LogP contribution in [0.25, 0.3) is 0 Å². The minimum absolute atomic E-state index is 0.0124. The zero-order chi connectivity index (χ0) is 10.5. The fourth-order valence-electron chi connectivity index (χ4n) is 0.810. The van der Waals surface area contributed by atoms with Crippen molar-refractivity contribution in [1.29, 1.82) is 0 Å². The van der Waals surface area contributed by atoms with E-state index in [0.717, 1.165) is 0 Å². The Kier molecular flexibility index (Phi) is 5.27. The Hall–Kier alpha value is -0.330. The van der Waals surface area contributed by atoms with E-state index >= 15 is 0 Å². The van der Waals surface area contributed by atoms with Crippen molar-refractivity contribution in [3.05, 3.63) is 0 Å². The zero-order valence-corrected chi connectivity index (χ0v) is 8.86. The Balaban J connectivity index is 4.04. The average molecular weight is 229 g/mol. The molecule has 0 radical (unpaired) electrons. The molecule has 0 spiro atoms. The number of nitrogens with one attached hydrogen (secondary N) is 1. The summed E-state index contributed by atoms with van der Waals surface area (Å²) in [7, 11) is -3.37. The molecule has 1 unspecified atom stereocenters. The number of carbonyl (C=O) groups excluding carboxylic acids is 1. The van der Waals surface area contributed by atoms with E-state index in [-0.39, 0.29) is 18.1 Å². The number of amides is 1. The van der Waals surface area contributed by atoms with Gasteiger partial charge in [-0.2, -0.15) is 0 Å². The normalized spacial score (nSPS) is 14.0. The van der Waals surface area contributed by atoms with Gasteiger partial charge in [0.25, 0.3) is 0 Å². The molecule has 0 aliphatic carbocycles. The van der Waals surface area contributed by atoms with Crippen molar-refractivity contribution in [2.24, 2.45) is 5.73 Å². The van der Waals surface area contributed by atoms with Gasteiger partial charge in [0.1, 0.15) is 0 Å². The summed E-state index contributed by atoms with van der Waals surface area (Å²) in [5.74, 6) is -0.669. The maximum absolute atomic E-state index is 11.1. The molecule has 0 aromatic heterocycles. The smallest absolute Gasteiger partial charge is 0.219 e. The summed E-state index contributed by atoms with van der Waals surface area (Å²) in [4.78, 5) is 10.4. The first-order chi connectivity index (χ1) is 5.87. The van der Waals surface area contributed by atoms with Crippen molar-refractivity contribution in [3.8, 4) is 0 Å². The van der Waals surface area contributed by atoms with Gasteiger partial charge >= 0.3 is 0 Å². The average Bonchev–Trinajstić information content (AvgIpc) is 1.81. The lowest BCUT2D eigenvalue weighted by molar-refractivity contribution is -0.118. The standard InChI is InChI=1S/C6H13ClN2O3S/c1-5(4-6(8)10)9-13(11,12)3-2-7/h5,9H,2-4H2,1H3,(H2,8,10). The lowest BCUT2D eigenvalue weighted by Gasteiger charge is -2.11. The highest BCUT2D eigenvalue weighted by atomic mass is 35.5. The van der Waals surface area contributed by atoms with E-state index in [1.165, 1.54) is 0 Å². The first-order valence-corrected chi connectivity index (χ1v) is 5.90. The van der Waals surface area contributed by atoms with E-state index in [1.807, 2.05) is 0 Å². The molecule has 7 heteroatoms. The van der Waals surface area contributed by atoms with E-state index in [2.05, 4.69) is 4.72 Å². The number of sulfonamides is 1. The van der Waals surface area contributed by atoms with E-state index in [1.54, 1.807) is 6.92 Å². The molecule has 3 N–H and O–H groups in total. The number of primary amides is 1. The zero-order valence-electron chi connectivity index (χ0n) is 7.29. The van der Waals surface area contributed by atoms with Crippen LogP contribution in [0.2, 0.25) is 0 Å².